The van der Waals surface area contributed by atoms with Gasteiger partial charge in [-0.3, -0.25) is 0 Å². The molecule has 12 heavy (non-hydrogen) atoms. The van der Waals surface area contributed by atoms with Gasteiger partial charge in [-0.1, -0.05) is 49.4 Å². The summed E-state index contributed by atoms with van der Waals surface area (Å²) in [5.41, 5.74) is 2.35. The zero-order chi connectivity index (χ0) is 8.97. The summed E-state index contributed by atoms with van der Waals surface area (Å²) in [6.45, 7) is 6.04. The highest BCUT2D eigenvalue weighted by molar-refractivity contribution is 6.19. The van der Waals surface area contributed by atoms with Gasteiger partial charge >= 0.3 is 0 Å². The molecule has 1 aromatic carbocycles. The van der Waals surface area contributed by atoms with Crippen LogP contribution in [0.25, 0.3) is 0 Å². The van der Waals surface area contributed by atoms with Crippen LogP contribution >= 0.6 is 11.6 Å². The fourth-order valence-electron chi connectivity index (χ4n) is 1.09. The summed E-state index contributed by atoms with van der Waals surface area (Å²) in [5, 5.41) is 0. The van der Waals surface area contributed by atoms with Crippen LogP contribution in [0, 0.1) is 0 Å². The van der Waals surface area contributed by atoms with Crippen molar-refractivity contribution >= 4 is 11.6 Å². The molecule has 0 amide bonds. The first-order valence-electron chi connectivity index (χ1n) is 4.04. The molecule has 0 saturated heterocycles. The Hall–Kier alpha value is -0.750. The summed E-state index contributed by atoms with van der Waals surface area (Å²) < 4.78 is 0. The Balaban J connectivity index is 2.78. The predicted octanol–water partition coefficient (Wildman–Crippen LogP) is 3.59. The fraction of sp³-hybridized carbons (Fsp3) is 0.273. The van der Waals surface area contributed by atoms with E-state index in [9.17, 15) is 0 Å². The van der Waals surface area contributed by atoms with Crippen molar-refractivity contribution in [3.05, 3.63) is 48.0 Å². The topological polar surface area (TPSA) is 0 Å². The molecule has 0 nitrogen and oxygen atoms in total. The smallest absolute Gasteiger partial charge is 0.0436 e. The molecular weight excluding hydrogens is 168 g/mol. The van der Waals surface area contributed by atoms with E-state index in [0.717, 1.165) is 5.57 Å². The molecule has 0 aliphatic carbocycles. The maximum absolute atomic E-state index is 5.70. The molecule has 0 aliphatic rings. The van der Waals surface area contributed by atoms with Gasteiger partial charge in [0.15, 0.2) is 0 Å². The molecule has 0 saturated carbocycles. The number of hydrogen-bond donors (Lipinski definition) is 0. The molecule has 0 spiro atoms. The maximum Gasteiger partial charge on any atom is 0.0436 e. The van der Waals surface area contributed by atoms with Crippen molar-refractivity contribution in [2.45, 2.75) is 12.8 Å². The van der Waals surface area contributed by atoms with Crippen molar-refractivity contribution in [3.63, 3.8) is 0 Å². The SMILES string of the molecule is C=C(CCl)C(C)c1ccccc1. The second-order valence-electron chi connectivity index (χ2n) is 2.92. The summed E-state index contributed by atoms with van der Waals surface area (Å²) >= 11 is 5.70. The molecule has 0 bridgehead atoms. The summed E-state index contributed by atoms with van der Waals surface area (Å²) in [6.07, 6.45) is 0. The Morgan fingerprint density at radius 1 is 1.42 bits per heavy atom. The van der Waals surface area contributed by atoms with Crippen LogP contribution in [-0.2, 0) is 0 Å². The molecule has 1 atom stereocenters. The number of rotatable bonds is 3. The number of halogens is 1. The fourth-order valence-corrected chi connectivity index (χ4v) is 1.32. The second kappa shape index (κ2) is 4.32. The normalized spacial score (nSPS) is 12.5. The van der Waals surface area contributed by atoms with E-state index < -0.39 is 0 Å². The molecular formula is C11H13Cl. The van der Waals surface area contributed by atoms with Crippen LogP contribution in [0.3, 0.4) is 0 Å². The molecule has 0 aliphatic heterocycles. The molecule has 0 radical (unpaired) electrons. The number of hydrogen-bond acceptors (Lipinski definition) is 0. The van der Waals surface area contributed by atoms with E-state index in [0.29, 0.717) is 11.8 Å². The van der Waals surface area contributed by atoms with E-state index in [1.54, 1.807) is 0 Å². The van der Waals surface area contributed by atoms with Crippen molar-refractivity contribution in [1.82, 2.24) is 0 Å². The largest absolute Gasteiger partial charge is 0.122 e. The van der Waals surface area contributed by atoms with Gasteiger partial charge < -0.3 is 0 Å². The third-order valence-electron chi connectivity index (χ3n) is 2.08. The number of alkyl halides is 1. The first kappa shape index (κ1) is 9.34. The van der Waals surface area contributed by atoms with Gasteiger partial charge in [0.1, 0.15) is 0 Å². The van der Waals surface area contributed by atoms with Crippen LogP contribution in [0.1, 0.15) is 18.4 Å². The summed E-state index contributed by atoms with van der Waals surface area (Å²) in [6, 6.07) is 10.3. The van der Waals surface area contributed by atoms with Crippen LogP contribution in [0.2, 0.25) is 0 Å². The highest BCUT2D eigenvalue weighted by Gasteiger charge is 2.06. The average Bonchev–Trinajstić information content (AvgIpc) is 2.17. The van der Waals surface area contributed by atoms with E-state index in [2.05, 4.69) is 25.6 Å². The third-order valence-corrected chi connectivity index (χ3v) is 2.43. The molecule has 1 heteroatoms. The Kier molecular flexibility index (Phi) is 3.36. The third kappa shape index (κ3) is 2.12. The van der Waals surface area contributed by atoms with Crippen LogP contribution < -0.4 is 0 Å². The van der Waals surface area contributed by atoms with E-state index in [-0.39, 0.29) is 0 Å². The van der Waals surface area contributed by atoms with Gasteiger partial charge in [0.05, 0.1) is 0 Å². The second-order valence-corrected chi connectivity index (χ2v) is 3.19. The van der Waals surface area contributed by atoms with Crippen molar-refractivity contribution in [1.29, 1.82) is 0 Å². The summed E-state index contributed by atoms with van der Waals surface area (Å²) in [7, 11) is 0. The zero-order valence-electron chi connectivity index (χ0n) is 7.26. The quantitative estimate of drug-likeness (QED) is 0.493. The summed E-state index contributed by atoms with van der Waals surface area (Å²) in [4.78, 5) is 0. The molecule has 0 aromatic heterocycles. The van der Waals surface area contributed by atoms with Gasteiger partial charge in [0.25, 0.3) is 0 Å². The monoisotopic (exact) mass is 180 g/mol. The van der Waals surface area contributed by atoms with E-state index in [1.165, 1.54) is 5.56 Å². The van der Waals surface area contributed by atoms with Gasteiger partial charge in [0, 0.05) is 11.8 Å². The number of allylic oxidation sites excluding steroid dienone is 1. The van der Waals surface area contributed by atoms with Gasteiger partial charge in [0.2, 0.25) is 0 Å². The highest BCUT2D eigenvalue weighted by atomic mass is 35.5. The van der Waals surface area contributed by atoms with E-state index in [4.69, 9.17) is 11.6 Å². The Morgan fingerprint density at radius 3 is 2.50 bits per heavy atom. The standard InChI is InChI=1S/C11H13Cl/c1-9(8-12)10(2)11-6-4-3-5-7-11/h3-7,10H,1,8H2,2H3. The molecule has 1 aromatic rings. The first-order chi connectivity index (χ1) is 5.75. The predicted molar refractivity (Wildman–Crippen MR) is 54.7 cm³/mol. The van der Waals surface area contributed by atoms with Crippen molar-refractivity contribution < 1.29 is 0 Å². The van der Waals surface area contributed by atoms with E-state index >= 15 is 0 Å². The van der Waals surface area contributed by atoms with Gasteiger partial charge in [-0.15, -0.1) is 11.6 Å². The van der Waals surface area contributed by atoms with Crippen LogP contribution in [0.5, 0.6) is 0 Å². The highest BCUT2D eigenvalue weighted by Crippen LogP contribution is 2.22. The Labute approximate surface area is 78.9 Å². The van der Waals surface area contributed by atoms with Gasteiger partial charge in [-0.2, -0.15) is 0 Å². The number of benzene rings is 1. The molecule has 1 unspecified atom stereocenters. The lowest BCUT2D eigenvalue weighted by Gasteiger charge is -2.12. The van der Waals surface area contributed by atoms with Crippen LogP contribution in [0.4, 0.5) is 0 Å². The maximum atomic E-state index is 5.70. The first-order valence-corrected chi connectivity index (χ1v) is 4.57. The molecule has 1 rings (SSSR count). The van der Waals surface area contributed by atoms with Gasteiger partial charge in [-0.05, 0) is 5.56 Å². The minimum Gasteiger partial charge on any atom is -0.122 e. The minimum absolute atomic E-state index is 0.365. The Bertz CT molecular complexity index is 251. The van der Waals surface area contributed by atoms with Crippen molar-refractivity contribution in [2.24, 2.45) is 0 Å². The van der Waals surface area contributed by atoms with Gasteiger partial charge in [-0.25, -0.2) is 0 Å². The van der Waals surface area contributed by atoms with Crippen molar-refractivity contribution in [2.75, 3.05) is 5.88 Å². The van der Waals surface area contributed by atoms with E-state index in [1.807, 2.05) is 18.2 Å². The van der Waals surface area contributed by atoms with Crippen LogP contribution in [0.15, 0.2) is 42.5 Å². The lowest BCUT2D eigenvalue weighted by molar-refractivity contribution is 0.901. The molecule has 0 N–H and O–H groups in total. The Morgan fingerprint density at radius 2 is 2.00 bits per heavy atom. The molecule has 0 heterocycles. The summed E-state index contributed by atoms with van der Waals surface area (Å²) in [5.74, 6) is 0.902. The minimum atomic E-state index is 0.365. The van der Waals surface area contributed by atoms with Crippen molar-refractivity contribution in [3.8, 4) is 0 Å². The average molecular weight is 181 g/mol. The zero-order valence-corrected chi connectivity index (χ0v) is 8.01. The lowest BCUT2D eigenvalue weighted by atomic mass is 9.95. The molecule has 0 fully saturated rings. The molecule has 64 valence electrons. The lowest BCUT2D eigenvalue weighted by Crippen LogP contribution is -1.97. The van der Waals surface area contributed by atoms with Crippen LogP contribution in [-0.4, -0.2) is 5.88 Å².